The second-order valence-corrected chi connectivity index (χ2v) is 6.98. The Bertz CT molecular complexity index is 759. The summed E-state index contributed by atoms with van der Waals surface area (Å²) in [5, 5.41) is 12.6. The van der Waals surface area contributed by atoms with E-state index in [4.69, 9.17) is 5.73 Å². The molecule has 2 N–H and O–H groups in total. The monoisotopic (exact) mass is 328 g/mol. The van der Waals surface area contributed by atoms with Crippen LogP contribution in [0.1, 0.15) is 5.69 Å². The first-order valence-electron chi connectivity index (χ1n) is 5.69. The molecule has 0 aliphatic rings. The Hall–Kier alpha value is -2.04. The highest BCUT2D eigenvalue weighted by Gasteiger charge is 2.24. The van der Waals surface area contributed by atoms with Crippen molar-refractivity contribution < 1.29 is 13.3 Å². The molecule has 0 unspecified atom stereocenters. The third-order valence-electron chi connectivity index (χ3n) is 2.77. The van der Waals surface area contributed by atoms with Crippen molar-refractivity contribution in [2.45, 2.75) is 11.4 Å². The zero-order valence-corrected chi connectivity index (χ0v) is 12.6. The van der Waals surface area contributed by atoms with Crippen molar-refractivity contribution in [3.63, 3.8) is 0 Å². The van der Waals surface area contributed by atoms with E-state index in [0.29, 0.717) is 5.69 Å². The Balaban J connectivity index is 2.35. The van der Waals surface area contributed by atoms with Crippen LogP contribution in [-0.2, 0) is 16.6 Å². The molecule has 0 fully saturated rings. The smallest absolute Gasteiger partial charge is 0.293 e. The van der Waals surface area contributed by atoms with Crippen LogP contribution < -0.4 is 5.73 Å². The van der Waals surface area contributed by atoms with E-state index in [1.165, 1.54) is 30.5 Å². The highest BCUT2D eigenvalue weighted by Crippen LogP contribution is 2.26. The summed E-state index contributed by atoms with van der Waals surface area (Å²) in [5.74, 6) is 0. The fraction of sp³-hybridized carbons (Fsp3) is 0.182. The quantitative estimate of drug-likeness (QED) is 0.504. The van der Waals surface area contributed by atoms with E-state index >= 15 is 0 Å². The molecule has 0 radical (unpaired) electrons. The van der Waals surface area contributed by atoms with E-state index in [0.717, 1.165) is 10.4 Å². The van der Waals surface area contributed by atoms with E-state index in [-0.39, 0.29) is 17.1 Å². The molecule has 0 spiro atoms. The van der Waals surface area contributed by atoms with Crippen LogP contribution >= 0.6 is 11.3 Å². The van der Waals surface area contributed by atoms with Gasteiger partial charge in [0, 0.05) is 18.5 Å². The Labute approximate surface area is 125 Å². The van der Waals surface area contributed by atoms with Gasteiger partial charge in [-0.25, -0.2) is 13.4 Å². The van der Waals surface area contributed by atoms with Crippen LogP contribution in [0.4, 0.5) is 11.4 Å². The molecule has 2 rings (SSSR count). The molecule has 8 nitrogen and oxygen atoms in total. The number of nitro benzene ring substituents is 1. The van der Waals surface area contributed by atoms with Crippen LogP contribution in [0, 0.1) is 10.1 Å². The van der Waals surface area contributed by atoms with Gasteiger partial charge in [-0.1, -0.05) is 0 Å². The average Bonchev–Trinajstić information content (AvgIpc) is 2.91. The van der Waals surface area contributed by atoms with Crippen LogP contribution in [-0.4, -0.2) is 29.7 Å². The summed E-state index contributed by atoms with van der Waals surface area (Å²) in [4.78, 5) is 14.0. The Morgan fingerprint density at radius 1 is 1.48 bits per heavy atom. The molecule has 2 aromatic rings. The van der Waals surface area contributed by atoms with Gasteiger partial charge in [-0.15, -0.1) is 11.3 Å². The molecule has 0 saturated heterocycles. The number of thiazole rings is 1. The molecular weight excluding hydrogens is 316 g/mol. The van der Waals surface area contributed by atoms with Gasteiger partial charge < -0.3 is 5.73 Å². The van der Waals surface area contributed by atoms with E-state index in [1.807, 2.05) is 0 Å². The van der Waals surface area contributed by atoms with Crippen LogP contribution in [0.25, 0.3) is 0 Å². The van der Waals surface area contributed by atoms with Crippen molar-refractivity contribution in [1.82, 2.24) is 9.29 Å². The maximum Gasteiger partial charge on any atom is 0.293 e. The van der Waals surface area contributed by atoms with Crippen molar-refractivity contribution in [3.8, 4) is 0 Å². The minimum Gasteiger partial charge on any atom is -0.393 e. The normalized spacial score (nSPS) is 11.7. The molecule has 0 bridgehead atoms. The molecule has 0 aliphatic heterocycles. The molecule has 0 saturated carbocycles. The van der Waals surface area contributed by atoms with Crippen molar-refractivity contribution >= 4 is 32.7 Å². The lowest BCUT2D eigenvalue weighted by Crippen LogP contribution is -2.26. The van der Waals surface area contributed by atoms with Crippen LogP contribution in [0.3, 0.4) is 0 Å². The second-order valence-electron chi connectivity index (χ2n) is 4.22. The predicted molar refractivity (Wildman–Crippen MR) is 78.3 cm³/mol. The Morgan fingerprint density at radius 2 is 2.19 bits per heavy atom. The number of nitrogens with zero attached hydrogens (tertiary/aromatic N) is 3. The minimum absolute atomic E-state index is 0.0823. The first-order valence-corrected chi connectivity index (χ1v) is 8.08. The maximum atomic E-state index is 12.4. The molecule has 21 heavy (non-hydrogen) atoms. The summed E-state index contributed by atoms with van der Waals surface area (Å²) < 4.78 is 25.8. The first-order chi connectivity index (χ1) is 9.82. The largest absolute Gasteiger partial charge is 0.393 e. The van der Waals surface area contributed by atoms with Gasteiger partial charge in [0.15, 0.2) is 0 Å². The molecule has 0 atom stereocenters. The first kappa shape index (κ1) is 15.4. The summed E-state index contributed by atoms with van der Waals surface area (Å²) in [6.07, 6.45) is 0. The van der Waals surface area contributed by atoms with Crippen LogP contribution in [0.5, 0.6) is 0 Å². The van der Waals surface area contributed by atoms with Crippen molar-refractivity contribution in [3.05, 3.63) is 44.9 Å². The standard InChI is InChI=1S/C11H12N4O4S2/c1-14(5-8-6-20-7-13-8)21(18,19)9-2-3-10(12)11(4-9)15(16)17/h2-4,6-7H,5,12H2,1H3. The lowest BCUT2D eigenvalue weighted by Gasteiger charge is -2.16. The summed E-state index contributed by atoms with van der Waals surface area (Å²) in [7, 11) is -2.46. The molecule has 10 heteroatoms. The van der Waals surface area contributed by atoms with Gasteiger partial charge in [0.1, 0.15) is 5.69 Å². The highest BCUT2D eigenvalue weighted by molar-refractivity contribution is 7.89. The van der Waals surface area contributed by atoms with Gasteiger partial charge in [-0.3, -0.25) is 10.1 Å². The van der Waals surface area contributed by atoms with Crippen LogP contribution in [0.15, 0.2) is 34.0 Å². The minimum atomic E-state index is -3.85. The molecule has 1 aromatic heterocycles. The van der Waals surface area contributed by atoms with Gasteiger partial charge in [0.2, 0.25) is 10.0 Å². The molecule has 1 aromatic carbocycles. The van der Waals surface area contributed by atoms with Gasteiger partial charge >= 0.3 is 0 Å². The average molecular weight is 328 g/mol. The van der Waals surface area contributed by atoms with E-state index < -0.39 is 20.6 Å². The number of sulfonamides is 1. The zero-order valence-electron chi connectivity index (χ0n) is 11.0. The fourth-order valence-corrected chi connectivity index (χ4v) is 3.36. The number of aromatic nitrogens is 1. The number of nitrogen functional groups attached to an aromatic ring is 1. The number of nitrogens with two attached hydrogens (primary N) is 1. The third-order valence-corrected chi connectivity index (χ3v) is 5.21. The molecule has 1 heterocycles. The predicted octanol–water partition coefficient (Wildman–Crippen LogP) is 1.45. The topological polar surface area (TPSA) is 119 Å². The summed E-state index contributed by atoms with van der Waals surface area (Å²) in [5.41, 5.74) is 7.15. The third kappa shape index (κ3) is 3.17. The number of anilines is 1. The lowest BCUT2D eigenvalue weighted by molar-refractivity contribution is -0.384. The molecular formula is C11H12N4O4S2. The number of hydrogen-bond acceptors (Lipinski definition) is 7. The number of rotatable bonds is 5. The number of benzene rings is 1. The van der Waals surface area contributed by atoms with Gasteiger partial charge in [-0.05, 0) is 12.1 Å². The Morgan fingerprint density at radius 3 is 2.76 bits per heavy atom. The summed E-state index contributed by atoms with van der Waals surface area (Å²) in [6, 6.07) is 3.42. The number of hydrogen-bond donors (Lipinski definition) is 1. The van der Waals surface area contributed by atoms with E-state index in [1.54, 1.807) is 10.9 Å². The van der Waals surface area contributed by atoms with Crippen LogP contribution in [0.2, 0.25) is 0 Å². The van der Waals surface area contributed by atoms with Crippen molar-refractivity contribution in [2.75, 3.05) is 12.8 Å². The van der Waals surface area contributed by atoms with E-state index in [9.17, 15) is 18.5 Å². The van der Waals surface area contributed by atoms with Gasteiger partial charge in [0.25, 0.3) is 5.69 Å². The SMILES string of the molecule is CN(Cc1cscn1)S(=O)(=O)c1ccc(N)c([N+](=O)[O-])c1. The zero-order chi connectivity index (χ0) is 15.6. The highest BCUT2D eigenvalue weighted by atomic mass is 32.2. The maximum absolute atomic E-state index is 12.4. The number of nitro groups is 1. The molecule has 0 aliphatic carbocycles. The fourth-order valence-electron chi connectivity index (χ4n) is 1.65. The molecule has 112 valence electrons. The second kappa shape index (κ2) is 5.76. The van der Waals surface area contributed by atoms with Gasteiger partial charge in [0.05, 0.1) is 27.6 Å². The van der Waals surface area contributed by atoms with Crippen molar-refractivity contribution in [1.29, 1.82) is 0 Å². The van der Waals surface area contributed by atoms with Gasteiger partial charge in [-0.2, -0.15) is 4.31 Å². The molecule has 0 amide bonds. The Kier molecular flexibility index (Phi) is 4.21. The van der Waals surface area contributed by atoms with E-state index in [2.05, 4.69) is 4.98 Å². The summed E-state index contributed by atoms with van der Waals surface area (Å²) >= 11 is 1.36. The van der Waals surface area contributed by atoms with Crippen molar-refractivity contribution in [2.24, 2.45) is 0 Å². The lowest BCUT2D eigenvalue weighted by atomic mass is 10.3. The summed E-state index contributed by atoms with van der Waals surface area (Å²) in [6.45, 7) is 0.0873.